The van der Waals surface area contributed by atoms with Gasteiger partial charge in [0.05, 0.1) is 11.0 Å². The average molecular weight is 354 g/mol. The van der Waals surface area contributed by atoms with Gasteiger partial charge in [-0.3, -0.25) is 9.59 Å². The summed E-state index contributed by atoms with van der Waals surface area (Å²) in [6.45, 7) is 2.75. The highest BCUT2D eigenvalue weighted by molar-refractivity contribution is 5.81. The van der Waals surface area contributed by atoms with E-state index in [1.165, 1.54) is 0 Å². The average Bonchev–Trinajstić information content (AvgIpc) is 3.24. The van der Waals surface area contributed by atoms with Crippen molar-refractivity contribution < 1.29 is 9.59 Å². The monoisotopic (exact) mass is 354 g/mol. The largest absolute Gasteiger partial charge is 0.356 e. The number of benzene rings is 1. The van der Waals surface area contributed by atoms with E-state index in [2.05, 4.69) is 9.88 Å². The van der Waals surface area contributed by atoms with Gasteiger partial charge in [-0.05, 0) is 44.2 Å². The van der Waals surface area contributed by atoms with E-state index in [0.717, 1.165) is 68.5 Å². The molecular weight excluding hydrogens is 328 g/mol. The second kappa shape index (κ2) is 7.48. The van der Waals surface area contributed by atoms with Gasteiger partial charge < -0.3 is 14.8 Å². The van der Waals surface area contributed by atoms with Gasteiger partial charge in [0.1, 0.15) is 12.4 Å². The SMILES string of the molecule is O=C(NCCCc1nc2ccccc2n1CC(=O)N1CCCC1)C1CC1. The van der Waals surface area contributed by atoms with E-state index in [1.807, 2.05) is 29.2 Å². The molecule has 6 nitrogen and oxygen atoms in total. The molecule has 6 heteroatoms. The Labute approximate surface area is 153 Å². The van der Waals surface area contributed by atoms with Crippen LogP contribution in [0, 0.1) is 5.92 Å². The van der Waals surface area contributed by atoms with Crippen LogP contribution in [0.2, 0.25) is 0 Å². The molecule has 1 aliphatic heterocycles. The number of fused-ring (bicyclic) bond motifs is 1. The molecule has 1 aromatic heterocycles. The molecule has 0 unspecified atom stereocenters. The number of hydrogen-bond acceptors (Lipinski definition) is 3. The van der Waals surface area contributed by atoms with Crippen molar-refractivity contribution in [3.63, 3.8) is 0 Å². The molecule has 2 aromatic rings. The highest BCUT2D eigenvalue weighted by Crippen LogP contribution is 2.28. The number of nitrogens with one attached hydrogen (secondary N) is 1. The molecule has 0 spiro atoms. The first kappa shape index (κ1) is 17.1. The number of nitrogens with zero attached hydrogens (tertiary/aromatic N) is 3. The summed E-state index contributed by atoms with van der Waals surface area (Å²) in [6.07, 6.45) is 5.85. The second-order valence-corrected chi connectivity index (χ2v) is 7.36. The number of likely N-dealkylation sites (tertiary alicyclic amines) is 1. The topological polar surface area (TPSA) is 67.2 Å². The molecule has 2 aliphatic rings. The molecule has 1 saturated carbocycles. The molecule has 1 N–H and O–H groups in total. The quantitative estimate of drug-likeness (QED) is 0.775. The van der Waals surface area contributed by atoms with E-state index in [0.29, 0.717) is 13.1 Å². The number of amides is 2. The van der Waals surface area contributed by atoms with Gasteiger partial charge in [0.25, 0.3) is 0 Å². The lowest BCUT2D eigenvalue weighted by Gasteiger charge is -2.17. The molecule has 2 heterocycles. The summed E-state index contributed by atoms with van der Waals surface area (Å²) in [4.78, 5) is 31.1. The number of para-hydroxylation sites is 2. The van der Waals surface area contributed by atoms with Gasteiger partial charge >= 0.3 is 0 Å². The molecule has 2 amide bonds. The maximum atomic E-state index is 12.6. The first-order valence-corrected chi connectivity index (χ1v) is 9.72. The zero-order chi connectivity index (χ0) is 17.9. The number of aryl methyl sites for hydroxylation is 1. The summed E-state index contributed by atoms with van der Waals surface area (Å²) < 4.78 is 2.05. The Balaban J connectivity index is 1.44. The van der Waals surface area contributed by atoms with Gasteiger partial charge in [0.15, 0.2) is 0 Å². The molecule has 1 aromatic carbocycles. The van der Waals surface area contributed by atoms with Crippen molar-refractivity contribution in [1.29, 1.82) is 0 Å². The van der Waals surface area contributed by atoms with Gasteiger partial charge in [0.2, 0.25) is 11.8 Å². The standard InChI is InChI=1S/C20H26N4O2/c25-19(23-12-3-4-13-23)14-24-17-7-2-1-6-16(17)22-18(24)8-5-11-21-20(26)15-9-10-15/h1-2,6-7,15H,3-5,8-14H2,(H,21,26). The van der Waals surface area contributed by atoms with Crippen molar-refractivity contribution in [3.8, 4) is 0 Å². The Hall–Kier alpha value is -2.37. The van der Waals surface area contributed by atoms with Crippen LogP contribution in [-0.4, -0.2) is 45.9 Å². The minimum atomic E-state index is 0.175. The molecule has 1 saturated heterocycles. The fraction of sp³-hybridized carbons (Fsp3) is 0.550. The number of imidazole rings is 1. The highest BCUT2D eigenvalue weighted by Gasteiger charge is 2.29. The van der Waals surface area contributed by atoms with E-state index >= 15 is 0 Å². The van der Waals surface area contributed by atoms with Crippen molar-refractivity contribution in [2.45, 2.75) is 45.1 Å². The summed E-state index contributed by atoms with van der Waals surface area (Å²) in [5, 5.41) is 3.00. The molecule has 4 rings (SSSR count). The zero-order valence-electron chi connectivity index (χ0n) is 15.1. The molecule has 0 atom stereocenters. The number of rotatable bonds is 7. The van der Waals surface area contributed by atoms with Crippen LogP contribution in [0.5, 0.6) is 0 Å². The Kier molecular flexibility index (Phi) is 4.91. The number of carbonyl (C=O) groups excluding carboxylic acids is 2. The minimum absolute atomic E-state index is 0.175. The van der Waals surface area contributed by atoms with E-state index in [-0.39, 0.29) is 17.7 Å². The zero-order valence-corrected chi connectivity index (χ0v) is 15.1. The van der Waals surface area contributed by atoms with Crippen molar-refractivity contribution in [3.05, 3.63) is 30.1 Å². The van der Waals surface area contributed by atoms with Crippen LogP contribution in [0.3, 0.4) is 0 Å². The normalized spacial score (nSPS) is 17.0. The van der Waals surface area contributed by atoms with Crippen LogP contribution in [0.1, 0.15) is 37.9 Å². The van der Waals surface area contributed by atoms with Crippen molar-refractivity contribution >= 4 is 22.8 Å². The lowest BCUT2D eigenvalue weighted by Crippen LogP contribution is -2.31. The van der Waals surface area contributed by atoms with Crippen LogP contribution >= 0.6 is 0 Å². The third-order valence-corrected chi connectivity index (χ3v) is 5.31. The van der Waals surface area contributed by atoms with Gasteiger partial charge in [-0.2, -0.15) is 0 Å². The number of hydrogen-bond donors (Lipinski definition) is 1. The predicted molar refractivity (Wildman–Crippen MR) is 99.6 cm³/mol. The van der Waals surface area contributed by atoms with Crippen LogP contribution in [0.15, 0.2) is 24.3 Å². The minimum Gasteiger partial charge on any atom is -0.356 e. The first-order chi connectivity index (χ1) is 12.7. The fourth-order valence-electron chi connectivity index (χ4n) is 3.64. The second-order valence-electron chi connectivity index (χ2n) is 7.36. The smallest absolute Gasteiger partial charge is 0.242 e. The van der Waals surface area contributed by atoms with Crippen molar-refractivity contribution in [2.24, 2.45) is 5.92 Å². The van der Waals surface area contributed by atoms with E-state index in [1.54, 1.807) is 0 Å². The molecule has 26 heavy (non-hydrogen) atoms. The molecule has 0 radical (unpaired) electrons. The van der Waals surface area contributed by atoms with Gasteiger partial charge in [-0.15, -0.1) is 0 Å². The van der Waals surface area contributed by atoms with E-state index < -0.39 is 0 Å². The third kappa shape index (κ3) is 3.74. The van der Waals surface area contributed by atoms with Gasteiger partial charge in [-0.1, -0.05) is 12.1 Å². The maximum absolute atomic E-state index is 12.6. The fourth-order valence-corrected chi connectivity index (χ4v) is 3.64. The van der Waals surface area contributed by atoms with E-state index in [9.17, 15) is 9.59 Å². The summed E-state index contributed by atoms with van der Waals surface area (Å²) in [5.74, 6) is 1.54. The number of carbonyl (C=O) groups is 2. The summed E-state index contributed by atoms with van der Waals surface area (Å²) >= 11 is 0. The lowest BCUT2D eigenvalue weighted by molar-refractivity contribution is -0.130. The van der Waals surface area contributed by atoms with Crippen LogP contribution < -0.4 is 5.32 Å². The third-order valence-electron chi connectivity index (χ3n) is 5.31. The molecular formula is C20H26N4O2. The predicted octanol–water partition coefficient (Wildman–Crippen LogP) is 2.12. The van der Waals surface area contributed by atoms with Crippen LogP contribution in [0.25, 0.3) is 11.0 Å². The van der Waals surface area contributed by atoms with Crippen molar-refractivity contribution in [2.75, 3.05) is 19.6 Å². The van der Waals surface area contributed by atoms with Crippen LogP contribution in [0.4, 0.5) is 0 Å². The van der Waals surface area contributed by atoms with Gasteiger partial charge in [-0.25, -0.2) is 4.98 Å². The Bertz CT molecular complexity index is 803. The maximum Gasteiger partial charge on any atom is 0.242 e. The first-order valence-electron chi connectivity index (χ1n) is 9.72. The highest BCUT2D eigenvalue weighted by atomic mass is 16.2. The summed E-state index contributed by atoms with van der Waals surface area (Å²) in [7, 11) is 0. The van der Waals surface area contributed by atoms with E-state index in [4.69, 9.17) is 4.98 Å². The Morgan fingerprint density at radius 3 is 2.69 bits per heavy atom. The summed E-state index contributed by atoms with van der Waals surface area (Å²) in [5.41, 5.74) is 1.94. The molecule has 1 aliphatic carbocycles. The van der Waals surface area contributed by atoms with Crippen LogP contribution in [-0.2, 0) is 22.6 Å². The van der Waals surface area contributed by atoms with Gasteiger partial charge in [0, 0.05) is 32.0 Å². The number of aromatic nitrogens is 2. The molecule has 2 fully saturated rings. The molecule has 0 bridgehead atoms. The molecule has 138 valence electrons. The summed E-state index contributed by atoms with van der Waals surface area (Å²) in [6, 6.07) is 7.98. The van der Waals surface area contributed by atoms with Crippen molar-refractivity contribution in [1.82, 2.24) is 19.8 Å². The Morgan fingerprint density at radius 1 is 1.15 bits per heavy atom. The lowest BCUT2D eigenvalue weighted by atomic mass is 10.2. The Morgan fingerprint density at radius 2 is 1.92 bits per heavy atom.